The normalized spacial score (nSPS) is 11.3. The summed E-state index contributed by atoms with van der Waals surface area (Å²) in [5.41, 5.74) is 1.87. The van der Waals surface area contributed by atoms with E-state index in [1.807, 2.05) is 6.07 Å². The zero-order valence-corrected chi connectivity index (χ0v) is 15.3. The molecule has 1 aromatic carbocycles. The molecule has 0 atom stereocenters. The van der Waals surface area contributed by atoms with Gasteiger partial charge in [-0.25, -0.2) is 0 Å². The van der Waals surface area contributed by atoms with E-state index in [9.17, 15) is 13.2 Å². The summed E-state index contributed by atoms with van der Waals surface area (Å²) < 4.78 is 33.1. The first kappa shape index (κ1) is 17.7. The van der Waals surface area contributed by atoms with Gasteiger partial charge in [-0.2, -0.15) is 13.5 Å². The van der Waals surface area contributed by atoms with Gasteiger partial charge in [-0.1, -0.05) is 18.2 Å². The average molecular weight is 374 g/mol. The summed E-state index contributed by atoms with van der Waals surface area (Å²) in [4.78, 5) is 13.6. The highest BCUT2D eigenvalue weighted by molar-refractivity contribution is 7.92. The van der Waals surface area contributed by atoms with Gasteiger partial charge >= 0.3 is 0 Å². The molecule has 0 saturated heterocycles. The van der Waals surface area contributed by atoms with Crippen molar-refractivity contribution in [3.8, 4) is 11.5 Å². The van der Waals surface area contributed by atoms with Crippen LogP contribution < -0.4 is 4.72 Å². The molecule has 3 rings (SSSR count). The molecule has 0 aliphatic carbocycles. The van der Waals surface area contributed by atoms with Crippen LogP contribution in [0, 0.1) is 6.92 Å². The molecule has 2 heterocycles. The van der Waals surface area contributed by atoms with Crippen LogP contribution in [0.15, 0.2) is 52.1 Å². The third-order valence-electron chi connectivity index (χ3n) is 3.76. The maximum atomic E-state index is 12.6. The third-order valence-corrected chi connectivity index (χ3v) is 5.00. The number of nitrogens with one attached hydrogen (secondary N) is 2. The molecule has 9 heteroatoms. The summed E-state index contributed by atoms with van der Waals surface area (Å²) in [5, 5.41) is 6.27. The van der Waals surface area contributed by atoms with E-state index in [-0.39, 0.29) is 16.8 Å². The largest absolute Gasteiger partial charge is 0.441 e. The highest BCUT2D eigenvalue weighted by atomic mass is 32.2. The lowest BCUT2D eigenvalue weighted by molar-refractivity contribution is 0.0828. The quantitative estimate of drug-likeness (QED) is 0.713. The maximum Gasteiger partial charge on any atom is 0.295 e. The predicted octanol–water partition coefficient (Wildman–Crippen LogP) is 2.48. The molecule has 0 aliphatic heterocycles. The number of benzene rings is 1. The fourth-order valence-corrected chi connectivity index (χ4v) is 3.42. The van der Waals surface area contributed by atoms with E-state index in [0.29, 0.717) is 16.9 Å². The van der Waals surface area contributed by atoms with Crippen LogP contribution in [-0.2, 0) is 10.0 Å². The van der Waals surface area contributed by atoms with Crippen molar-refractivity contribution in [1.82, 2.24) is 15.1 Å². The smallest absolute Gasteiger partial charge is 0.295 e. The standard InChI is InChI=1S/C17H18N4O4S/c1-11-6-4-5-7-13(11)20-26(23,24)15-9-8-14(25-15)16-12(10-18-19-16)17(22)21(2)3/h4-10,20H,1-3H3,(H,18,19). The number of carbonyl (C=O) groups is 1. The lowest BCUT2D eigenvalue weighted by atomic mass is 10.2. The van der Waals surface area contributed by atoms with Crippen LogP contribution in [0.2, 0.25) is 0 Å². The highest BCUT2D eigenvalue weighted by Gasteiger charge is 2.23. The molecule has 0 unspecified atom stereocenters. The van der Waals surface area contributed by atoms with Crippen molar-refractivity contribution < 1.29 is 17.6 Å². The molecule has 1 amide bonds. The number of para-hydroxylation sites is 1. The Balaban J connectivity index is 1.92. The first-order valence-corrected chi connectivity index (χ1v) is 9.21. The minimum Gasteiger partial charge on any atom is -0.441 e. The highest BCUT2D eigenvalue weighted by Crippen LogP contribution is 2.27. The van der Waals surface area contributed by atoms with E-state index >= 15 is 0 Å². The summed E-state index contributed by atoms with van der Waals surface area (Å²) in [7, 11) is -0.673. The number of nitrogens with zero attached hydrogens (tertiary/aromatic N) is 2. The summed E-state index contributed by atoms with van der Waals surface area (Å²) in [6, 6.07) is 9.84. The maximum absolute atomic E-state index is 12.6. The Labute approximate surface area is 150 Å². The summed E-state index contributed by atoms with van der Waals surface area (Å²) in [6.45, 7) is 1.80. The first-order chi connectivity index (χ1) is 12.3. The van der Waals surface area contributed by atoms with Gasteiger partial charge in [0.15, 0.2) is 5.76 Å². The second kappa shape index (κ2) is 6.68. The van der Waals surface area contributed by atoms with Crippen molar-refractivity contribution in [2.45, 2.75) is 12.0 Å². The van der Waals surface area contributed by atoms with Gasteiger partial charge in [0, 0.05) is 14.1 Å². The molecule has 0 radical (unpaired) electrons. The fraction of sp³-hybridized carbons (Fsp3) is 0.176. The molecule has 8 nitrogen and oxygen atoms in total. The van der Waals surface area contributed by atoms with Gasteiger partial charge in [-0.05, 0) is 30.7 Å². The summed E-state index contributed by atoms with van der Waals surface area (Å²) in [5.74, 6) is -0.0644. The second-order valence-corrected chi connectivity index (χ2v) is 7.51. The van der Waals surface area contributed by atoms with Crippen molar-refractivity contribution in [2.24, 2.45) is 0 Å². The molecule has 0 spiro atoms. The van der Waals surface area contributed by atoms with Gasteiger partial charge in [0.2, 0.25) is 5.09 Å². The molecular formula is C17H18N4O4S. The van der Waals surface area contributed by atoms with Crippen molar-refractivity contribution in [3.63, 3.8) is 0 Å². The van der Waals surface area contributed by atoms with Crippen molar-refractivity contribution in [1.29, 1.82) is 0 Å². The van der Waals surface area contributed by atoms with E-state index in [0.717, 1.165) is 5.56 Å². The van der Waals surface area contributed by atoms with Crippen molar-refractivity contribution >= 4 is 21.6 Å². The lowest BCUT2D eigenvalue weighted by Gasteiger charge is -2.09. The van der Waals surface area contributed by atoms with E-state index < -0.39 is 10.0 Å². The molecular weight excluding hydrogens is 356 g/mol. The topological polar surface area (TPSA) is 108 Å². The van der Waals surface area contributed by atoms with Gasteiger partial charge in [0.05, 0.1) is 17.4 Å². The van der Waals surface area contributed by atoms with Crippen molar-refractivity contribution in [3.05, 3.63) is 53.7 Å². The minimum atomic E-state index is -3.90. The van der Waals surface area contributed by atoms with E-state index in [1.165, 1.54) is 23.2 Å². The molecule has 2 aromatic heterocycles. The minimum absolute atomic E-state index is 0.206. The Morgan fingerprint density at radius 2 is 1.92 bits per heavy atom. The van der Waals surface area contributed by atoms with Crippen LogP contribution in [-0.4, -0.2) is 43.5 Å². The third kappa shape index (κ3) is 3.33. The van der Waals surface area contributed by atoms with Crippen molar-refractivity contribution in [2.75, 3.05) is 18.8 Å². The van der Waals surface area contributed by atoms with E-state index in [1.54, 1.807) is 39.2 Å². The van der Waals surface area contributed by atoms with E-state index in [4.69, 9.17) is 4.42 Å². The molecule has 136 valence electrons. The Morgan fingerprint density at radius 1 is 1.19 bits per heavy atom. The molecule has 0 aliphatic rings. The molecule has 0 fully saturated rings. The average Bonchev–Trinajstić information content (AvgIpc) is 3.25. The number of H-pyrrole nitrogens is 1. The van der Waals surface area contributed by atoms with Crippen LogP contribution in [0.3, 0.4) is 0 Å². The van der Waals surface area contributed by atoms with Gasteiger partial charge in [0.25, 0.3) is 15.9 Å². The SMILES string of the molecule is Cc1ccccc1NS(=O)(=O)c1ccc(-c2[nH]ncc2C(=O)N(C)C)o1. The Hall–Kier alpha value is -3.07. The lowest BCUT2D eigenvalue weighted by Crippen LogP contribution is -2.21. The number of aromatic nitrogens is 2. The number of rotatable bonds is 5. The zero-order valence-electron chi connectivity index (χ0n) is 14.5. The van der Waals surface area contributed by atoms with Crippen LogP contribution in [0.25, 0.3) is 11.5 Å². The molecule has 26 heavy (non-hydrogen) atoms. The predicted molar refractivity (Wildman–Crippen MR) is 96.3 cm³/mol. The second-order valence-electron chi connectivity index (χ2n) is 5.90. The van der Waals surface area contributed by atoms with Gasteiger partial charge in [0.1, 0.15) is 5.69 Å². The zero-order chi connectivity index (χ0) is 18.9. The number of sulfonamides is 1. The fourth-order valence-electron chi connectivity index (χ4n) is 2.36. The molecule has 3 aromatic rings. The Kier molecular flexibility index (Phi) is 4.56. The number of anilines is 1. The number of carbonyl (C=O) groups excluding carboxylic acids is 1. The number of amides is 1. The number of furan rings is 1. The van der Waals surface area contributed by atoms with Crippen LogP contribution in [0.5, 0.6) is 0 Å². The van der Waals surface area contributed by atoms with Gasteiger partial charge < -0.3 is 9.32 Å². The Bertz CT molecular complexity index is 1050. The number of aryl methyl sites for hydroxylation is 1. The van der Waals surface area contributed by atoms with Crippen LogP contribution in [0.4, 0.5) is 5.69 Å². The molecule has 0 bridgehead atoms. The number of hydrogen-bond acceptors (Lipinski definition) is 5. The first-order valence-electron chi connectivity index (χ1n) is 7.73. The van der Waals surface area contributed by atoms with Gasteiger partial charge in [-0.15, -0.1) is 0 Å². The summed E-state index contributed by atoms with van der Waals surface area (Å²) >= 11 is 0. The van der Waals surface area contributed by atoms with Gasteiger partial charge in [-0.3, -0.25) is 14.6 Å². The summed E-state index contributed by atoms with van der Waals surface area (Å²) in [6.07, 6.45) is 1.37. The van der Waals surface area contributed by atoms with Crippen LogP contribution >= 0.6 is 0 Å². The van der Waals surface area contributed by atoms with Crippen LogP contribution in [0.1, 0.15) is 15.9 Å². The number of hydrogen-bond donors (Lipinski definition) is 2. The molecule has 2 N–H and O–H groups in total. The Morgan fingerprint density at radius 3 is 2.62 bits per heavy atom. The van der Waals surface area contributed by atoms with E-state index in [2.05, 4.69) is 14.9 Å². The number of aromatic amines is 1. The monoisotopic (exact) mass is 374 g/mol. The molecule has 0 saturated carbocycles.